The fraction of sp³-hybridized carbons (Fsp3) is 0. The van der Waals surface area contributed by atoms with Gasteiger partial charge in [0.15, 0.2) is 0 Å². The lowest BCUT2D eigenvalue weighted by Crippen LogP contribution is -2.12. The number of fused-ring (bicyclic) bond motifs is 1. The van der Waals surface area contributed by atoms with Gasteiger partial charge in [-0.25, -0.2) is 4.98 Å². The van der Waals surface area contributed by atoms with E-state index in [0.29, 0.717) is 11.3 Å². The molecule has 1 aromatic heterocycles. The topological polar surface area (TPSA) is 78.0 Å². The van der Waals surface area contributed by atoms with E-state index in [2.05, 4.69) is 15.3 Å². The Labute approximate surface area is 119 Å². The standard InChI is InChI=1S/C14H10ClN3O2/c15-10-6-9(19)2-4-11(10)18-14(20)8-1-3-12-13(5-8)17-7-16-12/h1-7,19H,(H,16,17)(H,18,20). The molecular formula is C14H10ClN3O2. The molecule has 0 bridgehead atoms. The number of phenols is 1. The Kier molecular flexibility index (Phi) is 3.04. The first kappa shape index (κ1) is 12.5. The van der Waals surface area contributed by atoms with E-state index in [9.17, 15) is 9.90 Å². The highest BCUT2D eigenvalue weighted by Crippen LogP contribution is 2.26. The normalized spacial score (nSPS) is 10.7. The van der Waals surface area contributed by atoms with Crippen LogP contribution in [0.5, 0.6) is 5.75 Å². The average Bonchev–Trinajstić information content (AvgIpc) is 2.89. The second kappa shape index (κ2) is 4.86. The highest BCUT2D eigenvalue weighted by molar-refractivity contribution is 6.34. The van der Waals surface area contributed by atoms with Gasteiger partial charge < -0.3 is 15.4 Å². The number of carbonyl (C=O) groups is 1. The van der Waals surface area contributed by atoms with Crippen molar-refractivity contribution in [2.75, 3.05) is 5.32 Å². The van der Waals surface area contributed by atoms with Crippen molar-refractivity contribution < 1.29 is 9.90 Å². The van der Waals surface area contributed by atoms with Crippen LogP contribution in [0.3, 0.4) is 0 Å². The number of nitrogens with zero attached hydrogens (tertiary/aromatic N) is 1. The summed E-state index contributed by atoms with van der Waals surface area (Å²) >= 11 is 5.95. The van der Waals surface area contributed by atoms with Gasteiger partial charge in [-0.1, -0.05) is 11.6 Å². The highest BCUT2D eigenvalue weighted by Gasteiger charge is 2.10. The number of nitrogens with one attached hydrogen (secondary N) is 2. The maximum Gasteiger partial charge on any atom is 0.255 e. The number of halogens is 1. The Bertz CT molecular complexity index is 798. The fourth-order valence-electron chi connectivity index (χ4n) is 1.88. The van der Waals surface area contributed by atoms with Crippen LogP contribution in [-0.4, -0.2) is 21.0 Å². The van der Waals surface area contributed by atoms with Crippen LogP contribution in [0.4, 0.5) is 5.69 Å². The first-order valence-electron chi connectivity index (χ1n) is 5.86. The van der Waals surface area contributed by atoms with Gasteiger partial charge >= 0.3 is 0 Å². The Hall–Kier alpha value is -2.53. The molecule has 0 atom stereocenters. The maximum atomic E-state index is 12.2. The third-order valence-electron chi connectivity index (χ3n) is 2.88. The van der Waals surface area contributed by atoms with Gasteiger partial charge in [0.05, 0.1) is 28.1 Å². The summed E-state index contributed by atoms with van der Waals surface area (Å²) in [6.07, 6.45) is 1.57. The predicted molar refractivity (Wildman–Crippen MR) is 77.2 cm³/mol. The van der Waals surface area contributed by atoms with E-state index in [1.807, 2.05) is 0 Å². The minimum absolute atomic E-state index is 0.0480. The molecule has 0 unspecified atom stereocenters. The second-order valence-corrected chi connectivity index (χ2v) is 4.66. The largest absolute Gasteiger partial charge is 0.508 e. The lowest BCUT2D eigenvalue weighted by atomic mass is 10.2. The molecule has 1 heterocycles. The van der Waals surface area contributed by atoms with Crippen molar-refractivity contribution in [3.8, 4) is 5.75 Å². The lowest BCUT2D eigenvalue weighted by molar-refractivity contribution is 0.102. The van der Waals surface area contributed by atoms with Crippen LogP contribution in [-0.2, 0) is 0 Å². The summed E-state index contributed by atoms with van der Waals surface area (Å²) in [6, 6.07) is 9.54. The van der Waals surface area contributed by atoms with E-state index < -0.39 is 0 Å². The van der Waals surface area contributed by atoms with Crippen LogP contribution in [0, 0.1) is 0 Å². The number of aromatic nitrogens is 2. The van der Waals surface area contributed by atoms with E-state index in [1.165, 1.54) is 12.1 Å². The van der Waals surface area contributed by atoms with Crippen LogP contribution in [0.25, 0.3) is 11.0 Å². The maximum absolute atomic E-state index is 12.2. The predicted octanol–water partition coefficient (Wildman–Crippen LogP) is 3.17. The Morgan fingerprint density at radius 2 is 2.10 bits per heavy atom. The highest BCUT2D eigenvalue weighted by atomic mass is 35.5. The van der Waals surface area contributed by atoms with E-state index in [0.717, 1.165) is 11.0 Å². The molecule has 3 aromatic rings. The zero-order valence-electron chi connectivity index (χ0n) is 10.2. The zero-order chi connectivity index (χ0) is 14.1. The van der Waals surface area contributed by atoms with Crippen molar-refractivity contribution in [2.45, 2.75) is 0 Å². The van der Waals surface area contributed by atoms with Crippen LogP contribution in [0.1, 0.15) is 10.4 Å². The summed E-state index contributed by atoms with van der Waals surface area (Å²) in [6.45, 7) is 0. The van der Waals surface area contributed by atoms with Crippen LogP contribution >= 0.6 is 11.6 Å². The third-order valence-corrected chi connectivity index (χ3v) is 3.20. The minimum atomic E-state index is -0.283. The molecule has 0 aliphatic heterocycles. The minimum Gasteiger partial charge on any atom is -0.508 e. The molecule has 0 aliphatic carbocycles. The van der Waals surface area contributed by atoms with E-state index in [1.54, 1.807) is 30.6 Å². The Morgan fingerprint density at radius 1 is 1.25 bits per heavy atom. The van der Waals surface area contributed by atoms with E-state index >= 15 is 0 Å². The first-order chi connectivity index (χ1) is 9.63. The van der Waals surface area contributed by atoms with Gasteiger partial charge in [-0.2, -0.15) is 0 Å². The number of aromatic amines is 1. The average molecular weight is 288 g/mol. The van der Waals surface area contributed by atoms with E-state index in [4.69, 9.17) is 11.6 Å². The van der Waals surface area contributed by atoms with Gasteiger partial charge in [0.1, 0.15) is 5.75 Å². The number of aromatic hydroxyl groups is 1. The van der Waals surface area contributed by atoms with Crippen molar-refractivity contribution in [1.82, 2.24) is 9.97 Å². The summed E-state index contributed by atoms with van der Waals surface area (Å²) in [5.74, 6) is -0.235. The van der Waals surface area contributed by atoms with Gasteiger partial charge in [0.25, 0.3) is 5.91 Å². The number of H-pyrrole nitrogens is 1. The van der Waals surface area contributed by atoms with Crippen molar-refractivity contribution in [3.05, 3.63) is 53.3 Å². The molecule has 0 saturated carbocycles. The Morgan fingerprint density at radius 3 is 2.90 bits per heavy atom. The number of carbonyl (C=O) groups excluding carboxylic acids is 1. The summed E-state index contributed by atoms with van der Waals surface area (Å²) in [4.78, 5) is 19.2. The van der Waals surface area contributed by atoms with Gasteiger partial charge in [0.2, 0.25) is 0 Å². The van der Waals surface area contributed by atoms with Gasteiger partial charge in [-0.3, -0.25) is 4.79 Å². The molecule has 3 rings (SSSR count). The smallest absolute Gasteiger partial charge is 0.255 e. The molecule has 20 heavy (non-hydrogen) atoms. The molecule has 0 radical (unpaired) electrons. The number of hydrogen-bond donors (Lipinski definition) is 3. The molecule has 0 spiro atoms. The number of anilines is 1. The molecule has 3 N–H and O–H groups in total. The van der Waals surface area contributed by atoms with Gasteiger partial charge in [-0.15, -0.1) is 0 Å². The van der Waals surface area contributed by atoms with Gasteiger partial charge in [-0.05, 0) is 30.3 Å². The number of rotatable bonds is 2. The number of hydrogen-bond acceptors (Lipinski definition) is 3. The van der Waals surface area contributed by atoms with Crippen molar-refractivity contribution >= 4 is 34.2 Å². The molecular weight excluding hydrogens is 278 g/mol. The van der Waals surface area contributed by atoms with Gasteiger partial charge in [0, 0.05) is 11.6 Å². The summed E-state index contributed by atoms with van der Waals surface area (Å²) in [5, 5.41) is 12.2. The monoisotopic (exact) mass is 287 g/mol. The second-order valence-electron chi connectivity index (χ2n) is 4.25. The van der Waals surface area contributed by atoms with Crippen LogP contribution in [0.2, 0.25) is 5.02 Å². The number of amides is 1. The molecule has 5 nitrogen and oxygen atoms in total. The van der Waals surface area contributed by atoms with Crippen molar-refractivity contribution in [1.29, 1.82) is 0 Å². The molecule has 0 saturated heterocycles. The number of benzene rings is 2. The fourth-order valence-corrected chi connectivity index (χ4v) is 2.10. The molecule has 1 amide bonds. The van der Waals surface area contributed by atoms with Crippen molar-refractivity contribution in [3.63, 3.8) is 0 Å². The molecule has 6 heteroatoms. The Balaban J connectivity index is 1.88. The zero-order valence-corrected chi connectivity index (χ0v) is 11.0. The van der Waals surface area contributed by atoms with Crippen molar-refractivity contribution in [2.24, 2.45) is 0 Å². The first-order valence-corrected chi connectivity index (χ1v) is 6.24. The molecule has 2 aromatic carbocycles. The summed E-state index contributed by atoms with van der Waals surface area (Å²) in [5.41, 5.74) is 2.52. The van der Waals surface area contributed by atoms with E-state index in [-0.39, 0.29) is 16.7 Å². The summed E-state index contributed by atoms with van der Waals surface area (Å²) < 4.78 is 0. The third kappa shape index (κ3) is 2.31. The SMILES string of the molecule is O=C(Nc1ccc(O)cc1Cl)c1ccc2nc[nH]c2c1. The quantitative estimate of drug-likeness (QED) is 0.634. The number of imidazole rings is 1. The van der Waals surface area contributed by atoms with Crippen LogP contribution < -0.4 is 5.32 Å². The molecule has 0 fully saturated rings. The van der Waals surface area contributed by atoms with Crippen LogP contribution in [0.15, 0.2) is 42.7 Å². The molecule has 100 valence electrons. The lowest BCUT2D eigenvalue weighted by Gasteiger charge is -2.07. The molecule has 0 aliphatic rings. The number of phenolic OH excluding ortho intramolecular Hbond substituents is 1. The summed E-state index contributed by atoms with van der Waals surface area (Å²) in [7, 11) is 0.